The summed E-state index contributed by atoms with van der Waals surface area (Å²) in [5.74, 6) is 0.0905. The third-order valence-corrected chi connectivity index (χ3v) is 2.72. The lowest BCUT2D eigenvalue weighted by Crippen LogP contribution is -2.28. The number of carbonyl (C=O) groups is 1. The van der Waals surface area contributed by atoms with Crippen LogP contribution in [-0.4, -0.2) is 18.7 Å². The van der Waals surface area contributed by atoms with Crippen LogP contribution in [0, 0.1) is 0 Å². The van der Waals surface area contributed by atoms with E-state index < -0.39 is 6.10 Å². The first-order valence-electron chi connectivity index (χ1n) is 5.94. The average molecular weight is 272 g/mol. The lowest BCUT2D eigenvalue weighted by atomic mass is 10.2. The van der Waals surface area contributed by atoms with Crippen LogP contribution in [0.3, 0.4) is 0 Å². The molecule has 4 nitrogen and oxygen atoms in total. The number of benzene rings is 1. The first-order chi connectivity index (χ1) is 8.62. The monoisotopic (exact) mass is 271 g/mol. The summed E-state index contributed by atoms with van der Waals surface area (Å²) in [5, 5.41) is 0.445. The molecule has 1 rings (SSSR count). The van der Waals surface area contributed by atoms with E-state index in [0.29, 0.717) is 30.3 Å². The molecule has 0 saturated carbocycles. The van der Waals surface area contributed by atoms with Crippen molar-refractivity contribution < 1.29 is 14.3 Å². The highest BCUT2D eigenvalue weighted by atomic mass is 35.5. The lowest BCUT2D eigenvalue weighted by molar-refractivity contribution is -0.151. The highest BCUT2D eigenvalue weighted by Gasteiger charge is 2.20. The maximum absolute atomic E-state index is 11.6. The topological polar surface area (TPSA) is 61.5 Å². The summed E-state index contributed by atoms with van der Waals surface area (Å²) >= 11 is 6.06. The van der Waals surface area contributed by atoms with Crippen LogP contribution in [0.15, 0.2) is 18.2 Å². The molecule has 0 amide bonds. The van der Waals surface area contributed by atoms with Crippen LogP contribution in [0.4, 0.5) is 0 Å². The van der Waals surface area contributed by atoms with Gasteiger partial charge in [-0.25, -0.2) is 4.79 Å². The van der Waals surface area contributed by atoms with Gasteiger partial charge in [0.1, 0.15) is 5.75 Å². The summed E-state index contributed by atoms with van der Waals surface area (Å²) in [6.45, 7) is 4.35. The number of carbonyl (C=O) groups excluding carboxylic acids is 1. The molecule has 0 heterocycles. The molecule has 100 valence electrons. The van der Waals surface area contributed by atoms with Crippen molar-refractivity contribution in [1.29, 1.82) is 0 Å². The third kappa shape index (κ3) is 3.89. The first-order valence-corrected chi connectivity index (χ1v) is 6.31. The predicted octanol–water partition coefficient (Wildman–Crippen LogP) is 2.52. The van der Waals surface area contributed by atoms with Crippen LogP contribution in [0.5, 0.6) is 5.75 Å². The van der Waals surface area contributed by atoms with Crippen molar-refractivity contribution in [3.63, 3.8) is 0 Å². The second-order valence-corrected chi connectivity index (χ2v) is 4.14. The normalized spacial score (nSPS) is 12.0. The Labute approximate surface area is 112 Å². The Morgan fingerprint density at radius 1 is 1.44 bits per heavy atom. The van der Waals surface area contributed by atoms with Crippen molar-refractivity contribution in [2.24, 2.45) is 5.73 Å². The van der Waals surface area contributed by atoms with E-state index in [-0.39, 0.29) is 5.97 Å². The molecule has 18 heavy (non-hydrogen) atoms. The van der Waals surface area contributed by atoms with Crippen LogP contribution >= 0.6 is 11.6 Å². The van der Waals surface area contributed by atoms with E-state index in [2.05, 4.69) is 0 Å². The summed E-state index contributed by atoms with van der Waals surface area (Å²) < 4.78 is 10.5. The van der Waals surface area contributed by atoms with Crippen molar-refractivity contribution in [2.75, 3.05) is 6.61 Å². The Hall–Kier alpha value is -1.26. The number of hydrogen-bond acceptors (Lipinski definition) is 4. The van der Waals surface area contributed by atoms with E-state index in [1.165, 1.54) is 0 Å². The molecule has 0 spiro atoms. The molecule has 0 saturated heterocycles. The number of esters is 1. The molecular formula is C13H18ClNO3. The maximum Gasteiger partial charge on any atom is 0.347 e. The molecule has 1 aromatic rings. The maximum atomic E-state index is 11.6. The molecule has 1 atom stereocenters. The van der Waals surface area contributed by atoms with Crippen LogP contribution in [0.25, 0.3) is 0 Å². The number of halogens is 1. The molecule has 0 radical (unpaired) electrons. The molecule has 1 aromatic carbocycles. The lowest BCUT2D eigenvalue weighted by Gasteiger charge is -2.17. The van der Waals surface area contributed by atoms with Gasteiger partial charge in [0.2, 0.25) is 0 Å². The Balaban J connectivity index is 2.78. The van der Waals surface area contributed by atoms with Crippen molar-refractivity contribution >= 4 is 17.6 Å². The van der Waals surface area contributed by atoms with Crippen LogP contribution in [0.2, 0.25) is 5.02 Å². The standard InChI is InChI=1S/C13H18ClNO3/c1-3-11(13(16)17-4-2)18-12-6-5-9(8-15)7-10(12)14/h5-7,11H,3-4,8,15H2,1-2H3. The molecule has 5 heteroatoms. The Kier molecular flexibility index (Phi) is 5.95. The van der Waals surface area contributed by atoms with E-state index in [4.69, 9.17) is 26.8 Å². The molecule has 2 N–H and O–H groups in total. The van der Waals surface area contributed by atoms with E-state index >= 15 is 0 Å². The molecule has 0 fully saturated rings. The zero-order valence-corrected chi connectivity index (χ0v) is 11.4. The van der Waals surface area contributed by atoms with E-state index in [1.807, 2.05) is 13.0 Å². The molecule has 0 aliphatic carbocycles. The van der Waals surface area contributed by atoms with Crippen molar-refractivity contribution in [1.82, 2.24) is 0 Å². The van der Waals surface area contributed by atoms with E-state index in [0.717, 1.165) is 5.56 Å². The fourth-order valence-corrected chi connectivity index (χ4v) is 1.70. The summed E-state index contributed by atoms with van der Waals surface area (Å²) in [5.41, 5.74) is 6.42. The second-order valence-electron chi connectivity index (χ2n) is 3.74. The van der Waals surface area contributed by atoms with Gasteiger partial charge in [0.15, 0.2) is 6.10 Å². The number of rotatable bonds is 6. The SMILES string of the molecule is CCOC(=O)C(CC)Oc1ccc(CN)cc1Cl. The highest BCUT2D eigenvalue weighted by Crippen LogP contribution is 2.27. The average Bonchev–Trinajstić information content (AvgIpc) is 2.37. The molecule has 1 unspecified atom stereocenters. The van der Waals surface area contributed by atoms with Crippen molar-refractivity contribution in [2.45, 2.75) is 32.9 Å². The quantitative estimate of drug-likeness (QED) is 0.808. The van der Waals surface area contributed by atoms with Gasteiger partial charge in [-0.05, 0) is 31.0 Å². The van der Waals surface area contributed by atoms with Gasteiger partial charge in [0.25, 0.3) is 0 Å². The van der Waals surface area contributed by atoms with Gasteiger partial charge in [0, 0.05) is 6.54 Å². The minimum Gasteiger partial charge on any atom is -0.477 e. The van der Waals surface area contributed by atoms with Gasteiger partial charge < -0.3 is 15.2 Å². The third-order valence-electron chi connectivity index (χ3n) is 2.42. The molecule has 0 aliphatic heterocycles. The zero-order valence-electron chi connectivity index (χ0n) is 10.6. The minimum absolute atomic E-state index is 0.332. The van der Waals surface area contributed by atoms with Crippen LogP contribution in [-0.2, 0) is 16.1 Å². The van der Waals surface area contributed by atoms with Gasteiger partial charge >= 0.3 is 5.97 Å². The Morgan fingerprint density at radius 3 is 2.67 bits per heavy atom. The Bertz CT molecular complexity index is 409. The highest BCUT2D eigenvalue weighted by molar-refractivity contribution is 6.32. The summed E-state index contributed by atoms with van der Waals surface area (Å²) in [6.07, 6.45) is -0.112. The van der Waals surface area contributed by atoms with Crippen LogP contribution in [0.1, 0.15) is 25.8 Å². The van der Waals surface area contributed by atoms with Gasteiger partial charge in [-0.1, -0.05) is 24.6 Å². The number of ether oxygens (including phenoxy) is 2. The smallest absolute Gasteiger partial charge is 0.347 e. The van der Waals surface area contributed by atoms with E-state index in [1.54, 1.807) is 19.1 Å². The Morgan fingerprint density at radius 2 is 2.17 bits per heavy atom. The minimum atomic E-state index is -0.633. The van der Waals surface area contributed by atoms with Gasteiger partial charge in [-0.15, -0.1) is 0 Å². The van der Waals surface area contributed by atoms with Gasteiger partial charge in [-0.3, -0.25) is 0 Å². The first kappa shape index (κ1) is 14.8. The van der Waals surface area contributed by atoms with E-state index in [9.17, 15) is 4.79 Å². The molecule has 0 aromatic heterocycles. The van der Waals surface area contributed by atoms with Crippen LogP contribution < -0.4 is 10.5 Å². The number of nitrogens with two attached hydrogens (primary N) is 1. The molecular weight excluding hydrogens is 254 g/mol. The van der Waals surface area contributed by atoms with Crippen molar-refractivity contribution in [3.8, 4) is 5.75 Å². The number of hydrogen-bond donors (Lipinski definition) is 1. The second kappa shape index (κ2) is 7.24. The summed E-state index contributed by atoms with van der Waals surface area (Å²) in [4.78, 5) is 11.6. The molecule has 0 aliphatic rings. The summed E-state index contributed by atoms with van der Waals surface area (Å²) in [7, 11) is 0. The fourth-order valence-electron chi connectivity index (χ4n) is 1.45. The summed E-state index contributed by atoms with van der Waals surface area (Å²) in [6, 6.07) is 5.26. The predicted molar refractivity (Wildman–Crippen MR) is 70.7 cm³/mol. The van der Waals surface area contributed by atoms with Crippen molar-refractivity contribution in [3.05, 3.63) is 28.8 Å². The fraction of sp³-hybridized carbons (Fsp3) is 0.462. The van der Waals surface area contributed by atoms with Gasteiger partial charge in [-0.2, -0.15) is 0 Å². The zero-order chi connectivity index (χ0) is 13.5. The molecule has 0 bridgehead atoms. The van der Waals surface area contributed by atoms with Gasteiger partial charge in [0.05, 0.1) is 11.6 Å². The largest absolute Gasteiger partial charge is 0.477 e.